The number of rotatable bonds is 4. The topological polar surface area (TPSA) is 53.0 Å². The molecule has 5 nitrogen and oxygen atoms in total. The van der Waals surface area contributed by atoms with Gasteiger partial charge in [-0.25, -0.2) is 0 Å². The summed E-state index contributed by atoms with van der Waals surface area (Å²) in [5, 5.41) is 9.45. The molecule has 110 valence electrons. The molecule has 2 rings (SSSR count). The lowest BCUT2D eigenvalue weighted by Crippen LogP contribution is -2.45. The summed E-state index contributed by atoms with van der Waals surface area (Å²) in [5.74, 6) is 0.858. The second-order valence-electron chi connectivity index (χ2n) is 5.86. The van der Waals surface area contributed by atoms with E-state index in [1.807, 2.05) is 11.9 Å². The molecule has 1 amide bonds. The first kappa shape index (κ1) is 14.8. The van der Waals surface area contributed by atoms with Gasteiger partial charge in [0, 0.05) is 32.8 Å². The molecule has 2 aliphatic rings. The van der Waals surface area contributed by atoms with Crippen molar-refractivity contribution < 1.29 is 14.6 Å². The van der Waals surface area contributed by atoms with Gasteiger partial charge in [0.25, 0.3) is 0 Å². The molecule has 2 saturated heterocycles. The highest BCUT2D eigenvalue weighted by Gasteiger charge is 2.23. The van der Waals surface area contributed by atoms with Crippen LogP contribution in [0.25, 0.3) is 0 Å². The second-order valence-corrected chi connectivity index (χ2v) is 5.86. The Morgan fingerprint density at radius 2 is 1.89 bits per heavy atom. The van der Waals surface area contributed by atoms with Crippen LogP contribution in [0, 0.1) is 5.92 Å². The van der Waals surface area contributed by atoms with Gasteiger partial charge in [0.15, 0.2) is 0 Å². The van der Waals surface area contributed by atoms with Crippen LogP contribution in [0.3, 0.4) is 0 Å². The van der Waals surface area contributed by atoms with Crippen LogP contribution in [0.1, 0.15) is 25.7 Å². The average molecular weight is 270 g/mol. The van der Waals surface area contributed by atoms with Crippen molar-refractivity contribution in [2.45, 2.75) is 31.8 Å². The maximum atomic E-state index is 12.1. The van der Waals surface area contributed by atoms with Crippen LogP contribution in [0.4, 0.5) is 0 Å². The van der Waals surface area contributed by atoms with Crippen LogP contribution in [0.2, 0.25) is 0 Å². The van der Waals surface area contributed by atoms with E-state index in [4.69, 9.17) is 4.74 Å². The highest BCUT2D eigenvalue weighted by atomic mass is 16.5. The van der Waals surface area contributed by atoms with Gasteiger partial charge in [-0.15, -0.1) is 0 Å². The predicted octanol–water partition coefficient (Wildman–Crippen LogP) is 0.328. The Hall–Kier alpha value is -0.650. The summed E-state index contributed by atoms with van der Waals surface area (Å²) in [6.07, 6.45) is 3.43. The van der Waals surface area contributed by atoms with Crippen LogP contribution in [-0.4, -0.2) is 73.4 Å². The molecule has 0 aromatic carbocycles. The monoisotopic (exact) mass is 270 g/mol. The van der Waals surface area contributed by atoms with Gasteiger partial charge in [-0.2, -0.15) is 0 Å². The molecule has 0 aromatic rings. The van der Waals surface area contributed by atoms with Crippen molar-refractivity contribution in [2.24, 2.45) is 5.92 Å². The Kier molecular flexibility index (Phi) is 5.60. The smallest absolute Gasteiger partial charge is 0.236 e. The summed E-state index contributed by atoms with van der Waals surface area (Å²) < 4.78 is 5.35. The zero-order valence-electron chi connectivity index (χ0n) is 11.9. The molecule has 0 saturated carbocycles. The third-order valence-electron chi connectivity index (χ3n) is 4.13. The number of likely N-dealkylation sites (N-methyl/N-ethyl adjacent to an activating group) is 1. The molecule has 0 unspecified atom stereocenters. The van der Waals surface area contributed by atoms with Gasteiger partial charge in [-0.05, 0) is 38.6 Å². The fraction of sp³-hybridized carbons (Fsp3) is 0.929. The Morgan fingerprint density at radius 1 is 1.26 bits per heavy atom. The van der Waals surface area contributed by atoms with Crippen LogP contribution in [0.15, 0.2) is 0 Å². The number of hydrogen-bond acceptors (Lipinski definition) is 4. The number of aliphatic hydroxyl groups is 1. The van der Waals surface area contributed by atoms with Gasteiger partial charge in [-0.1, -0.05) is 0 Å². The third kappa shape index (κ3) is 4.75. The van der Waals surface area contributed by atoms with E-state index in [0.717, 1.165) is 45.4 Å². The molecule has 2 aliphatic heterocycles. The van der Waals surface area contributed by atoms with E-state index in [9.17, 15) is 9.90 Å². The van der Waals surface area contributed by atoms with E-state index < -0.39 is 0 Å². The molecule has 0 spiro atoms. The minimum Gasteiger partial charge on any atom is -0.393 e. The van der Waals surface area contributed by atoms with Crippen molar-refractivity contribution in [3.05, 3.63) is 0 Å². The van der Waals surface area contributed by atoms with Crippen molar-refractivity contribution >= 4 is 5.91 Å². The van der Waals surface area contributed by atoms with Gasteiger partial charge in [0.05, 0.1) is 12.6 Å². The Labute approximate surface area is 115 Å². The lowest BCUT2D eigenvalue weighted by molar-refractivity contribution is -0.134. The number of ether oxygens (including phenoxy) is 1. The largest absolute Gasteiger partial charge is 0.393 e. The molecule has 0 aliphatic carbocycles. The number of likely N-dealkylation sites (tertiary alicyclic amines) is 1. The molecular formula is C14H26N2O3. The SMILES string of the molecule is CN(CC(=O)N1CCC(O)CC1)CC1CCOCC1. The van der Waals surface area contributed by atoms with Crippen molar-refractivity contribution in [1.29, 1.82) is 0 Å². The summed E-state index contributed by atoms with van der Waals surface area (Å²) in [7, 11) is 2.02. The first-order valence-electron chi connectivity index (χ1n) is 7.37. The molecule has 0 bridgehead atoms. The van der Waals surface area contributed by atoms with Gasteiger partial charge in [0.1, 0.15) is 0 Å². The highest BCUT2D eigenvalue weighted by Crippen LogP contribution is 2.16. The zero-order chi connectivity index (χ0) is 13.7. The molecular weight excluding hydrogens is 244 g/mol. The van der Waals surface area contributed by atoms with Gasteiger partial charge in [0.2, 0.25) is 5.91 Å². The first-order chi connectivity index (χ1) is 9.15. The fourth-order valence-corrected chi connectivity index (χ4v) is 2.88. The Morgan fingerprint density at radius 3 is 2.53 bits per heavy atom. The van der Waals surface area contributed by atoms with E-state index in [2.05, 4.69) is 4.90 Å². The molecule has 5 heteroatoms. The molecule has 0 aromatic heterocycles. The van der Waals surface area contributed by atoms with E-state index in [1.165, 1.54) is 0 Å². The highest BCUT2D eigenvalue weighted by molar-refractivity contribution is 5.78. The lowest BCUT2D eigenvalue weighted by Gasteiger charge is -2.32. The van der Waals surface area contributed by atoms with Gasteiger partial charge >= 0.3 is 0 Å². The number of nitrogens with zero attached hydrogens (tertiary/aromatic N) is 2. The Balaban J connectivity index is 1.69. The molecule has 2 fully saturated rings. The minimum absolute atomic E-state index is 0.196. The molecule has 19 heavy (non-hydrogen) atoms. The number of piperidine rings is 1. The first-order valence-corrected chi connectivity index (χ1v) is 7.37. The van der Waals surface area contributed by atoms with Crippen LogP contribution < -0.4 is 0 Å². The van der Waals surface area contributed by atoms with E-state index in [1.54, 1.807) is 0 Å². The van der Waals surface area contributed by atoms with Crippen LogP contribution in [0.5, 0.6) is 0 Å². The lowest BCUT2D eigenvalue weighted by atomic mass is 10.00. The second kappa shape index (κ2) is 7.22. The minimum atomic E-state index is -0.219. The summed E-state index contributed by atoms with van der Waals surface area (Å²) in [6, 6.07) is 0. The zero-order valence-corrected chi connectivity index (χ0v) is 11.9. The quantitative estimate of drug-likeness (QED) is 0.800. The van der Waals surface area contributed by atoms with Crippen LogP contribution in [-0.2, 0) is 9.53 Å². The van der Waals surface area contributed by atoms with Crippen molar-refractivity contribution in [3.8, 4) is 0 Å². The van der Waals surface area contributed by atoms with Crippen LogP contribution >= 0.6 is 0 Å². The normalized spacial score (nSPS) is 23.0. The number of hydrogen-bond donors (Lipinski definition) is 1. The maximum absolute atomic E-state index is 12.1. The van der Waals surface area contributed by atoms with Crippen molar-refractivity contribution in [1.82, 2.24) is 9.80 Å². The molecule has 0 radical (unpaired) electrons. The standard InChI is InChI=1S/C14H26N2O3/c1-15(10-12-4-8-19-9-5-12)11-14(18)16-6-2-13(17)3-7-16/h12-13,17H,2-11H2,1H3. The van der Waals surface area contributed by atoms with Crippen molar-refractivity contribution in [2.75, 3.05) is 46.4 Å². The number of carbonyl (C=O) groups excluding carboxylic acids is 1. The summed E-state index contributed by atoms with van der Waals surface area (Å²) in [6.45, 7) is 4.59. The summed E-state index contributed by atoms with van der Waals surface area (Å²) >= 11 is 0. The average Bonchev–Trinajstić information content (AvgIpc) is 2.40. The number of carbonyl (C=O) groups is 1. The number of aliphatic hydroxyl groups excluding tert-OH is 1. The van der Waals surface area contributed by atoms with Gasteiger partial charge < -0.3 is 14.7 Å². The summed E-state index contributed by atoms with van der Waals surface area (Å²) in [4.78, 5) is 16.1. The number of amides is 1. The maximum Gasteiger partial charge on any atom is 0.236 e. The Bertz CT molecular complexity index is 284. The molecule has 2 heterocycles. The van der Waals surface area contributed by atoms with E-state index >= 15 is 0 Å². The van der Waals surface area contributed by atoms with Crippen molar-refractivity contribution in [3.63, 3.8) is 0 Å². The van der Waals surface area contributed by atoms with E-state index in [-0.39, 0.29) is 12.0 Å². The molecule has 1 N–H and O–H groups in total. The molecule has 0 atom stereocenters. The third-order valence-corrected chi connectivity index (χ3v) is 4.13. The van der Waals surface area contributed by atoms with Gasteiger partial charge in [-0.3, -0.25) is 9.69 Å². The summed E-state index contributed by atoms with van der Waals surface area (Å²) in [5.41, 5.74) is 0. The fourth-order valence-electron chi connectivity index (χ4n) is 2.88. The predicted molar refractivity (Wildman–Crippen MR) is 72.9 cm³/mol. The van der Waals surface area contributed by atoms with E-state index in [0.29, 0.717) is 25.6 Å².